The molecule has 2 aromatic heterocycles. The molecule has 0 unspecified atom stereocenters. The monoisotopic (exact) mass is 638 g/mol. The number of benzene rings is 5. The van der Waals surface area contributed by atoms with Crippen LogP contribution in [-0.4, -0.2) is 9.13 Å². The van der Waals surface area contributed by atoms with Gasteiger partial charge in [-0.1, -0.05) is 145 Å². The minimum Gasteiger partial charge on any atom is -0.310 e. The lowest BCUT2D eigenvalue weighted by molar-refractivity contribution is 0.722. The molecule has 0 spiro atoms. The zero-order valence-electron chi connectivity index (χ0n) is 29.7. The molecule has 2 aliphatic carbocycles. The molecule has 0 bridgehead atoms. The van der Waals surface area contributed by atoms with Crippen molar-refractivity contribution < 1.29 is 0 Å². The SMILES string of the molecule is CC.CC.CC1(C)C=c2c(n(-c3ccc(-c4ccccc4)cc3)c3ccc4c(c5ccccc5n4-c4cccc(C5=CCCC=C5)c4)c23)=C1. The third-order valence-electron chi connectivity index (χ3n) is 9.53. The van der Waals surface area contributed by atoms with Crippen LogP contribution in [0.4, 0.5) is 0 Å². The van der Waals surface area contributed by atoms with Gasteiger partial charge in [0.2, 0.25) is 0 Å². The van der Waals surface area contributed by atoms with Gasteiger partial charge in [0.15, 0.2) is 0 Å². The maximum Gasteiger partial charge on any atom is 0.0548 e. The molecule has 2 aliphatic rings. The number of hydrogen-bond acceptors (Lipinski definition) is 0. The van der Waals surface area contributed by atoms with Crippen molar-refractivity contribution in [3.63, 3.8) is 0 Å². The lowest BCUT2D eigenvalue weighted by Crippen LogP contribution is -2.25. The van der Waals surface area contributed by atoms with E-state index in [0.717, 1.165) is 12.8 Å². The first-order valence-corrected chi connectivity index (χ1v) is 18.0. The largest absolute Gasteiger partial charge is 0.310 e. The van der Waals surface area contributed by atoms with Crippen LogP contribution >= 0.6 is 0 Å². The number of aromatic nitrogens is 2. The van der Waals surface area contributed by atoms with Crippen molar-refractivity contribution in [2.45, 2.75) is 54.4 Å². The van der Waals surface area contributed by atoms with Gasteiger partial charge < -0.3 is 9.13 Å². The zero-order valence-corrected chi connectivity index (χ0v) is 29.7. The fraction of sp³-hybridized carbons (Fsp3) is 0.191. The highest BCUT2D eigenvalue weighted by atomic mass is 15.0. The second-order valence-electron chi connectivity index (χ2n) is 13.1. The summed E-state index contributed by atoms with van der Waals surface area (Å²) < 4.78 is 4.93. The molecule has 2 heterocycles. The minimum atomic E-state index is -0.0271. The Morgan fingerprint density at radius 2 is 1.20 bits per heavy atom. The second-order valence-corrected chi connectivity index (χ2v) is 13.1. The molecule has 2 heteroatoms. The fourth-order valence-electron chi connectivity index (χ4n) is 7.58. The summed E-state index contributed by atoms with van der Waals surface area (Å²) in [5, 5.41) is 6.56. The first kappa shape index (κ1) is 32.2. The lowest BCUT2D eigenvalue weighted by Gasteiger charge is -2.13. The van der Waals surface area contributed by atoms with Crippen molar-refractivity contribution in [3.8, 4) is 22.5 Å². The second kappa shape index (κ2) is 13.3. The normalized spacial score (nSPS) is 14.3. The third kappa shape index (κ3) is 5.56. The van der Waals surface area contributed by atoms with Crippen LogP contribution in [0.1, 0.15) is 59.9 Å². The van der Waals surface area contributed by atoms with Crippen LogP contribution in [0.5, 0.6) is 0 Å². The van der Waals surface area contributed by atoms with Gasteiger partial charge in [0.1, 0.15) is 0 Å². The van der Waals surface area contributed by atoms with Gasteiger partial charge in [-0.2, -0.15) is 0 Å². The van der Waals surface area contributed by atoms with E-state index in [4.69, 9.17) is 0 Å². The van der Waals surface area contributed by atoms with Crippen LogP contribution < -0.4 is 10.6 Å². The number of hydrogen-bond donors (Lipinski definition) is 0. The van der Waals surface area contributed by atoms with Gasteiger partial charge in [0, 0.05) is 38.2 Å². The van der Waals surface area contributed by atoms with E-state index in [1.807, 2.05) is 27.7 Å². The molecule has 9 rings (SSSR count). The molecule has 0 amide bonds. The fourth-order valence-corrected chi connectivity index (χ4v) is 7.58. The Hall–Kier alpha value is -5.34. The quantitative estimate of drug-likeness (QED) is 0.182. The van der Waals surface area contributed by atoms with Crippen molar-refractivity contribution in [2.75, 3.05) is 0 Å². The maximum atomic E-state index is 2.47. The summed E-state index contributed by atoms with van der Waals surface area (Å²) in [6.07, 6.45) is 14.0. The van der Waals surface area contributed by atoms with E-state index in [-0.39, 0.29) is 5.41 Å². The highest BCUT2D eigenvalue weighted by molar-refractivity contribution is 6.21. The average molecular weight is 639 g/mol. The first-order chi connectivity index (χ1) is 24.1. The standard InChI is InChI=1S/C43H34N2.2C2H6/c1-43(2)27-36-40(28-43)44(33-22-20-31(21-23-33)29-12-5-3-6-13-29)39-25-24-38-41(42(36)39)35-18-9-10-19-37(35)45(38)34-17-11-16-32(26-34)30-14-7-4-8-15-30;2*1-2/h3,5-7,9-28H,4,8H2,1-2H3;2*1-2H3. The molecule has 244 valence electrons. The summed E-state index contributed by atoms with van der Waals surface area (Å²) in [7, 11) is 0. The first-order valence-electron chi connectivity index (χ1n) is 18.0. The Morgan fingerprint density at radius 1 is 0.531 bits per heavy atom. The van der Waals surface area contributed by atoms with Crippen LogP contribution in [0.2, 0.25) is 0 Å². The Labute approximate surface area is 290 Å². The molecule has 2 nitrogen and oxygen atoms in total. The Kier molecular flexibility index (Phi) is 8.73. The Morgan fingerprint density at radius 3 is 1.94 bits per heavy atom. The molecular weight excluding hydrogens is 593 g/mol. The lowest BCUT2D eigenvalue weighted by atomic mass is 9.95. The number of allylic oxidation sites excluding steroid dienone is 4. The minimum absolute atomic E-state index is 0.0271. The molecule has 49 heavy (non-hydrogen) atoms. The molecule has 0 radical (unpaired) electrons. The number of nitrogens with zero attached hydrogens (tertiary/aromatic N) is 2. The molecule has 7 aromatic rings. The van der Waals surface area contributed by atoms with E-state index in [0.29, 0.717) is 0 Å². The van der Waals surface area contributed by atoms with Crippen LogP contribution in [0.3, 0.4) is 0 Å². The van der Waals surface area contributed by atoms with E-state index in [1.165, 1.54) is 76.9 Å². The predicted molar refractivity (Wildman–Crippen MR) is 214 cm³/mol. The van der Waals surface area contributed by atoms with Gasteiger partial charge in [0.05, 0.1) is 21.9 Å². The predicted octanol–water partition coefficient (Wildman–Crippen LogP) is 11.8. The van der Waals surface area contributed by atoms with Crippen molar-refractivity contribution in [2.24, 2.45) is 5.41 Å². The highest BCUT2D eigenvalue weighted by Gasteiger charge is 2.25. The van der Waals surface area contributed by atoms with Gasteiger partial charge in [-0.3, -0.25) is 0 Å². The van der Waals surface area contributed by atoms with E-state index in [2.05, 4.69) is 169 Å². The van der Waals surface area contributed by atoms with Gasteiger partial charge in [0.25, 0.3) is 0 Å². The van der Waals surface area contributed by atoms with Crippen molar-refractivity contribution >= 4 is 50.4 Å². The average Bonchev–Trinajstić information content (AvgIpc) is 3.77. The summed E-state index contributed by atoms with van der Waals surface area (Å²) in [4.78, 5) is 0. The molecule has 0 saturated heterocycles. The highest BCUT2D eigenvalue weighted by Crippen LogP contribution is 2.38. The molecule has 0 aliphatic heterocycles. The molecular formula is C47H46N2. The van der Waals surface area contributed by atoms with Crippen LogP contribution in [0.15, 0.2) is 133 Å². The summed E-state index contributed by atoms with van der Waals surface area (Å²) in [6, 6.07) is 42.3. The van der Waals surface area contributed by atoms with Crippen molar-refractivity contribution in [1.82, 2.24) is 9.13 Å². The van der Waals surface area contributed by atoms with Gasteiger partial charge in [-0.05, 0) is 77.6 Å². The van der Waals surface area contributed by atoms with Crippen LogP contribution in [0.25, 0.3) is 72.9 Å². The molecule has 0 atom stereocenters. The topological polar surface area (TPSA) is 9.86 Å². The maximum absolute atomic E-state index is 2.47. The molecule has 5 aromatic carbocycles. The summed E-state index contributed by atoms with van der Waals surface area (Å²) in [5.41, 5.74) is 11.1. The molecule has 0 N–H and O–H groups in total. The van der Waals surface area contributed by atoms with E-state index in [1.54, 1.807) is 0 Å². The summed E-state index contributed by atoms with van der Waals surface area (Å²) in [5.74, 6) is 0. The van der Waals surface area contributed by atoms with E-state index >= 15 is 0 Å². The zero-order chi connectivity index (χ0) is 34.1. The van der Waals surface area contributed by atoms with Crippen LogP contribution in [-0.2, 0) is 0 Å². The van der Waals surface area contributed by atoms with Gasteiger partial charge in [-0.15, -0.1) is 0 Å². The van der Waals surface area contributed by atoms with E-state index < -0.39 is 0 Å². The number of para-hydroxylation sites is 1. The Balaban J connectivity index is 0.000000914. The van der Waals surface area contributed by atoms with Crippen LogP contribution in [0, 0.1) is 5.41 Å². The summed E-state index contributed by atoms with van der Waals surface area (Å²) in [6.45, 7) is 12.6. The Bertz CT molecular complexity index is 2480. The van der Waals surface area contributed by atoms with Gasteiger partial charge >= 0.3 is 0 Å². The smallest absolute Gasteiger partial charge is 0.0548 e. The van der Waals surface area contributed by atoms with Crippen molar-refractivity contribution in [3.05, 3.63) is 150 Å². The molecule has 0 fully saturated rings. The third-order valence-corrected chi connectivity index (χ3v) is 9.53. The molecule has 0 saturated carbocycles. The summed E-state index contributed by atoms with van der Waals surface area (Å²) >= 11 is 0. The number of fused-ring (bicyclic) bond motifs is 7. The number of rotatable bonds is 4. The van der Waals surface area contributed by atoms with Gasteiger partial charge in [-0.25, -0.2) is 0 Å². The van der Waals surface area contributed by atoms with Crippen molar-refractivity contribution in [1.29, 1.82) is 0 Å². The van der Waals surface area contributed by atoms with E-state index in [9.17, 15) is 0 Å².